The van der Waals surface area contributed by atoms with Crippen LogP contribution in [0.25, 0.3) is 11.1 Å². The summed E-state index contributed by atoms with van der Waals surface area (Å²) in [7, 11) is -0.627. The van der Waals surface area contributed by atoms with Crippen LogP contribution < -0.4 is 14.9 Å². The van der Waals surface area contributed by atoms with Crippen LogP contribution in [0.3, 0.4) is 0 Å². The summed E-state index contributed by atoms with van der Waals surface area (Å²) >= 11 is 0. The highest BCUT2D eigenvalue weighted by Gasteiger charge is 2.36. The van der Waals surface area contributed by atoms with E-state index in [-0.39, 0.29) is 15.9 Å². The number of rotatable bonds is 5. The standard InChI is InChI=1S/C21H21N3O4S/c1-27-16-7-3-14(4-8-16)18-11-22-13-20(18)29(25,26)21-19(12-23-24-21)15-5-9-17(28-2)10-6-15/h3-11,13,19,22-23H,12H2,1-2H3. The first-order valence-electron chi connectivity index (χ1n) is 9.05. The molecule has 150 valence electrons. The Morgan fingerprint density at radius 1 is 0.931 bits per heavy atom. The lowest BCUT2D eigenvalue weighted by Crippen LogP contribution is -2.22. The number of nitrogens with zero attached hydrogens (tertiary/aromatic N) is 1. The summed E-state index contributed by atoms with van der Waals surface area (Å²) < 4.78 is 37.3. The molecule has 0 fully saturated rings. The fraction of sp³-hybridized carbons (Fsp3) is 0.190. The smallest absolute Gasteiger partial charge is 0.224 e. The largest absolute Gasteiger partial charge is 0.497 e. The predicted molar refractivity (Wildman–Crippen MR) is 111 cm³/mol. The second-order valence-corrected chi connectivity index (χ2v) is 8.47. The number of ether oxygens (including phenoxy) is 2. The molecule has 0 radical (unpaired) electrons. The molecule has 0 amide bonds. The van der Waals surface area contributed by atoms with Crippen LogP contribution in [0.4, 0.5) is 0 Å². The molecule has 2 N–H and O–H groups in total. The number of H-pyrrole nitrogens is 1. The molecule has 1 aliphatic heterocycles. The molecule has 0 spiro atoms. The van der Waals surface area contributed by atoms with Crippen molar-refractivity contribution in [1.82, 2.24) is 10.4 Å². The molecule has 1 atom stereocenters. The Morgan fingerprint density at radius 2 is 1.55 bits per heavy atom. The van der Waals surface area contributed by atoms with Gasteiger partial charge in [-0.2, -0.15) is 5.10 Å². The van der Waals surface area contributed by atoms with E-state index in [4.69, 9.17) is 9.47 Å². The zero-order valence-electron chi connectivity index (χ0n) is 16.0. The zero-order chi connectivity index (χ0) is 20.4. The van der Waals surface area contributed by atoms with E-state index >= 15 is 0 Å². The van der Waals surface area contributed by atoms with Gasteiger partial charge in [0.2, 0.25) is 9.84 Å². The van der Waals surface area contributed by atoms with Gasteiger partial charge in [0.1, 0.15) is 11.5 Å². The van der Waals surface area contributed by atoms with Gasteiger partial charge in [0.05, 0.1) is 25.0 Å². The van der Waals surface area contributed by atoms with Gasteiger partial charge >= 0.3 is 0 Å². The van der Waals surface area contributed by atoms with Crippen LogP contribution in [0.15, 0.2) is 70.9 Å². The minimum absolute atomic E-state index is 0.108. The monoisotopic (exact) mass is 411 g/mol. The number of aromatic nitrogens is 1. The molecule has 7 nitrogen and oxygen atoms in total. The Balaban J connectivity index is 1.70. The average molecular weight is 411 g/mol. The lowest BCUT2D eigenvalue weighted by molar-refractivity contribution is 0.414. The highest BCUT2D eigenvalue weighted by molar-refractivity contribution is 8.06. The first-order valence-corrected chi connectivity index (χ1v) is 10.5. The molecule has 29 heavy (non-hydrogen) atoms. The summed E-state index contributed by atoms with van der Waals surface area (Å²) in [5.41, 5.74) is 5.07. The van der Waals surface area contributed by atoms with Crippen molar-refractivity contribution in [3.63, 3.8) is 0 Å². The molecule has 4 rings (SSSR count). The first kappa shape index (κ1) is 19.1. The molecular formula is C21H21N3O4S. The number of sulfone groups is 1. The van der Waals surface area contributed by atoms with E-state index < -0.39 is 9.84 Å². The molecule has 2 heterocycles. The SMILES string of the molecule is COc1ccc(-c2c[nH]cc2S(=O)(=O)C2=NNCC2c2ccc(OC)cc2)cc1. The number of benzene rings is 2. The number of nitrogens with one attached hydrogen (secondary N) is 2. The van der Waals surface area contributed by atoms with Crippen LogP contribution in [0.1, 0.15) is 11.5 Å². The number of aromatic amines is 1. The Morgan fingerprint density at radius 3 is 2.17 bits per heavy atom. The van der Waals surface area contributed by atoms with E-state index in [1.54, 1.807) is 32.5 Å². The van der Waals surface area contributed by atoms with Gasteiger partial charge in [0.15, 0.2) is 5.04 Å². The third-order valence-electron chi connectivity index (χ3n) is 4.97. The van der Waals surface area contributed by atoms with Crippen molar-refractivity contribution in [3.8, 4) is 22.6 Å². The number of hydrazone groups is 1. The minimum Gasteiger partial charge on any atom is -0.497 e. The molecular weight excluding hydrogens is 390 g/mol. The van der Waals surface area contributed by atoms with Crippen molar-refractivity contribution < 1.29 is 17.9 Å². The van der Waals surface area contributed by atoms with Crippen molar-refractivity contribution in [2.24, 2.45) is 5.10 Å². The second-order valence-electron chi connectivity index (χ2n) is 6.60. The van der Waals surface area contributed by atoms with Crippen LogP contribution >= 0.6 is 0 Å². The Labute approximate surface area is 169 Å². The van der Waals surface area contributed by atoms with Crippen LogP contribution in [0, 0.1) is 0 Å². The van der Waals surface area contributed by atoms with E-state index in [0.717, 1.165) is 11.1 Å². The molecule has 1 aliphatic rings. The molecule has 1 unspecified atom stereocenters. The van der Waals surface area contributed by atoms with E-state index in [9.17, 15) is 8.42 Å². The lowest BCUT2D eigenvalue weighted by atomic mass is 10.0. The normalized spacial score (nSPS) is 16.2. The second kappa shape index (κ2) is 7.63. The third-order valence-corrected chi connectivity index (χ3v) is 6.82. The van der Waals surface area contributed by atoms with Crippen LogP contribution in [0.2, 0.25) is 0 Å². The minimum atomic E-state index is -3.81. The Kier molecular flexibility index (Phi) is 5.02. The Hall–Kier alpha value is -3.26. The van der Waals surface area contributed by atoms with E-state index in [1.165, 1.54) is 6.20 Å². The van der Waals surface area contributed by atoms with Gasteiger partial charge in [0, 0.05) is 24.5 Å². The molecule has 0 saturated carbocycles. The molecule has 8 heteroatoms. The predicted octanol–water partition coefficient (Wildman–Crippen LogP) is 3.17. The van der Waals surface area contributed by atoms with Gasteiger partial charge < -0.3 is 19.9 Å². The van der Waals surface area contributed by atoms with Crippen molar-refractivity contribution in [2.45, 2.75) is 10.8 Å². The van der Waals surface area contributed by atoms with Crippen molar-refractivity contribution in [1.29, 1.82) is 0 Å². The van der Waals surface area contributed by atoms with Crippen LogP contribution in [0.5, 0.6) is 11.5 Å². The number of hydrogen-bond acceptors (Lipinski definition) is 6. The summed E-state index contributed by atoms with van der Waals surface area (Å²) in [6.45, 7) is 0.420. The average Bonchev–Trinajstić information content (AvgIpc) is 3.44. The van der Waals surface area contributed by atoms with Gasteiger partial charge in [0.25, 0.3) is 0 Å². The van der Waals surface area contributed by atoms with Gasteiger partial charge in [-0.25, -0.2) is 8.42 Å². The summed E-state index contributed by atoms with van der Waals surface area (Å²) in [6, 6.07) is 14.6. The lowest BCUT2D eigenvalue weighted by Gasteiger charge is -2.14. The number of methoxy groups -OCH3 is 2. The molecule has 2 aromatic carbocycles. The van der Waals surface area contributed by atoms with Crippen molar-refractivity contribution in [2.75, 3.05) is 20.8 Å². The Bertz CT molecular complexity index is 1130. The first-order chi connectivity index (χ1) is 14.0. The van der Waals surface area contributed by atoms with Gasteiger partial charge in [-0.3, -0.25) is 0 Å². The number of hydrogen-bond donors (Lipinski definition) is 2. The third kappa shape index (κ3) is 3.47. The highest BCUT2D eigenvalue weighted by Crippen LogP contribution is 2.34. The quantitative estimate of drug-likeness (QED) is 0.673. The molecule has 0 aliphatic carbocycles. The summed E-state index contributed by atoms with van der Waals surface area (Å²) in [6.07, 6.45) is 3.18. The zero-order valence-corrected chi connectivity index (χ0v) is 16.9. The molecule has 0 saturated heterocycles. The van der Waals surface area contributed by atoms with E-state index in [2.05, 4.69) is 15.5 Å². The van der Waals surface area contributed by atoms with Crippen LogP contribution in [-0.4, -0.2) is 39.2 Å². The summed E-state index contributed by atoms with van der Waals surface area (Å²) in [5, 5.41) is 4.25. The van der Waals surface area contributed by atoms with Gasteiger partial charge in [-0.1, -0.05) is 24.3 Å². The fourth-order valence-electron chi connectivity index (χ4n) is 3.40. The maximum Gasteiger partial charge on any atom is 0.224 e. The summed E-state index contributed by atoms with van der Waals surface area (Å²) in [5.74, 6) is 1.05. The van der Waals surface area contributed by atoms with Gasteiger partial charge in [-0.15, -0.1) is 0 Å². The topological polar surface area (TPSA) is 92.8 Å². The fourth-order valence-corrected chi connectivity index (χ4v) is 5.10. The summed E-state index contributed by atoms with van der Waals surface area (Å²) in [4.78, 5) is 3.12. The maximum atomic E-state index is 13.5. The molecule has 3 aromatic rings. The van der Waals surface area contributed by atoms with Crippen LogP contribution in [-0.2, 0) is 9.84 Å². The van der Waals surface area contributed by atoms with E-state index in [0.29, 0.717) is 23.6 Å². The highest BCUT2D eigenvalue weighted by atomic mass is 32.2. The maximum absolute atomic E-state index is 13.5. The van der Waals surface area contributed by atoms with Gasteiger partial charge in [-0.05, 0) is 35.4 Å². The van der Waals surface area contributed by atoms with Crippen molar-refractivity contribution in [3.05, 3.63) is 66.5 Å². The molecule has 1 aromatic heterocycles. The molecule has 0 bridgehead atoms. The van der Waals surface area contributed by atoms with Crippen molar-refractivity contribution >= 4 is 14.9 Å². The van der Waals surface area contributed by atoms with E-state index in [1.807, 2.05) is 36.4 Å².